The maximum atomic E-state index is 12.1. The summed E-state index contributed by atoms with van der Waals surface area (Å²) in [5.41, 5.74) is 0.872. The highest BCUT2D eigenvalue weighted by Crippen LogP contribution is 2.23. The lowest BCUT2D eigenvalue weighted by Crippen LogP contribution is -2.13. The predicted octanol–water partition coefficient (Wildman–Crippen LogP) is 3.50. The number of aromatic nitrogens is 3. The van der Waals surface area contributed by atoms with E-state index in [4.69, 9.17) is 23.2 Å². The quantitative estimate of drug-likeness (QED) is 0.725. The molecule has 0 fully saturated rings. The minimum atomic E-state index is -3.65. The number of hydrogen-bond donors (Lipinski definition) is 1. The molecule has 23 heavy (non-hydrogen) atoms. The number of hydrogen-bond acceptors (Lipinski definition) is 5. The van der Waals surface area contributed by atoms with Crippen molar-refractivity contribution in [2.24, 2.45) is 0 Å². The monoisotopic (exact) mass is 388 g/mol. The zero-order chi connectivity index (χ0) is 16.4. The second kappa shape index (κ2) is 6.48. The van der Waals surface area contributed by atoms with E-state index in [2.05, 4.69) is 14.8 Å². The van der Waals surface area contributed by atoms with E-state index < -0.39 is 10.0 Å². The number of sulfonamides is 1. The second-order valence-electron chi connectivity index (χ2n) is 4.55. The van der Waals surface area contributed by atoms with Crippen molar-refractivity contribution in [1.29, 1.82) is 0 Å². The normalized spacial score (nSPS) is 11.6. The highest BCUT2D eigenvalue weighted by Gasteiger charge is 2.17. The van der Waals surface area contributed by atoms with Gasteiger partial charge in [0.25, 0.3) is 16.0 Å². The molecule has 0 unspecified atom stereocenters. The Kier molecular flexibility index (Phi) is 4.58. The number of nitrogens with zero attached hydrogens (tertiary/aromatic N) is 3. The molecule has 0 aliphatic rings. The van der Waals surface area contributed by atoms with E-state index in [0.29, 0.717) is 16.6 Å². The Hall–Kier alpha value is -1.61. The SMILES string of the molecule is O=S(=O)(Nc1ncn(Cc2ccc(Cl)c(Cl)c2)n1)c1cccs1. The van der Waals surface area contributed by atoms with Crippen molar-refractivity contribution in [3.63, 3.8) is 0 Å². The average molecular weight is 389 g/mol. The maximum Gasteiger partial charge on any atom is 0.273 e. The smallest absolute Gasteiger partial charge is 0.246 e. The minimum Gasteiger partial charge on any atom is -0.246 e. The summed E-state index contributed by atoms with van der Waals surface area (Å²) in [7, 11) is -3.65. The Morgan fingerprint density at radius 3 is 2.74 bits per heavy atom. The first kappa shape index (κ1) is 16.3. The summed E-state index contributed by atoms with van der Waals surface area (Å²) in [6, 6.07) is 8.40. The molecule has 1 N–H and O–H groups in total. The highest BCUT2D eigenvalue weighted by molar-refractivity contribution is 7.94. The van der Waals surface area contributed by atoms with Gasteiger partial charge >= 0.3 is 0 Å². The fourth-order valence-corrected chi connectivity index (χ4v) is 4.09. The Morgan fingerprint density at radius 2 is 2.04 bits per heavy atom. The lowest BCUT2D eigenvalue weighted by molar-refractivity contribution is 0.602. The molecular weight excluding hydrogens is 379 g/mol. The van der Waals surface area contributed by atoms with Crippen LogP contribution in [0.25, 0.3) is 0 Å². The summed E-state index contributed by atoms with van der Waals surface area (Å²) in [6.07, 6.45) is 1.44. The lowest BCUT2D eigenvalue weighted by atomic mass is 10.2. The van der Waals surface area contributed by atoms with Crippen LogP contribution < -0.4 is 4.72 Å². The van der Waals surface area contributed by atoms with Gasteiger partial charge in [0.05, 0.1) is 16.6 Å². The van der Waals surface area contributed by atoms with Crippen molar-refractivity contribution < 1.29 is 8.42 Å². The first-order chi connectivity index (χ1) is 10.9. The van der Waals surface area contributed by atoms with E-state index in [1.165, 1.54) is 17.1 Å². The van der Waals surface area contributed by atoms with Gasteiger partial charge in [0.2, 0.25) is 0 Å². The number of benzene rings is 1. The van der Waals surface area contributed by atoms with Crippen LogP contribution in [0.2, 0.25) is 10.0 Å². The van der Waals surface area contributed by atoms with Crippen LogP contribution in [0.3, 0.4) is 0 Å². The van der Waals surface area contributed by atoms with Crippen molar-refractivity contribution in [3.8, 4) is 0 Å². The molecule has 1 aromatic carbocycles. The Balaban J connectivity index is 1.74. The van der Waals surface area contributed by atoms with E-state index >= 15 is 0 Å². The molecule has 6 nitrogen and oxygen atoms in total. The van der Waals surface area contributed by atoms with Gasteiger partial charge in [-0.15, -0.1) is 16.4 Å². The summed E-state index contributed by atoms with van der Waals surface area (Å²) >= 11 is 12.9. The van der Waals surface area contributed by atoms with Crippen LogP contribution in [0.5, 0.6) is 0 Å². The van der Waals surface area contributed by atoms with Crippen molar-refractivity contribution >= 4 is 50.5 Å². The predicted molar refractivity (Wildman–Crippen MR) is 90.7 cm³/mol. The van der Waals surface area contributed by atoms with Crippen LogP contribution in [-0.4, -0.2) is 23.2 Å². The molecule has 0 radical (unpaired) electrons. The molecule has 2 aromatic heterocycles. The molecule has 120 valence electrons. The van der Waals surface area contributed by atoms with E-state index in [-0.39, 0.29) is 10.2 Å². The van der Waals surface area contributed by atoms with Crippen molar-refractivity contribution in [2.75, 3.05) is 4.72 Å². The largest absolute Gasteiger partial charge is 0.273 e. The summed E-state index contributed by atoms with van der Waals surface area (Å²) < 4.78 is 28.2. The molecule has 10 heteroatoms. The molecule has 2 heterocycles. The van der Waals surface area contributed by atoms with Crippen LogP contribution in [0, 0.1) is 0 Å². The molecule has 3 aromatic rings. The number of halogens is 2. The zero-order valence-electron chi connectivity index (χ0n) is 11.5. The summed E-state index contributed by atoms with van der Waals surface area (Å²) in [4.78, 5) is 3.95. The van der Waals surface area contributed by atoms with E-state index in [9.17, 15) is 8.42 Å². The van der Waals surface area contributed by atoms with Crippen molar-refractivity contribution in [1.82, 2.24) is 14.8 Å². The van der Waals surface area contributed by atoms with Crippen molar-refractivity contribution in [2.45, 2.75) is 10.8 Å². The molecule has 0 aliphatic heterocycles. The molecule has 0 aliphatic carbocycles. The van der Waals surface area contributed by atoms with Gasteiger partial charge in [-0.1, -0.05) is 35.3 Å². The van der Waals surface area contributed by atoms with Crippen molar-refractivity contribution in [3.05, 3.63) is 57.6 Å². The Bertz CT molecular complexity index is 923. The first-order valence-corrected chi connectivity index (χ1v) is 9.45. The van der Waals surface area contributed by atoms with Gasteiger partial charge in [-0.3, -0.25) is 0 Å². The number of rotatable bonds is 5. The number of anilines is 1. The summed E-state index contributed by atoms with van der Waals surface area (Å²) in [5.74, 6) is 0.0125. The van der Waals surface area contributed by atoms with Crippen LogP contribution in [0.4, 0.5) is 5.95 Å². The van der Waals surface area contributed by atoms with E-state index in [0.717, 1.165) is 16.9 Å². The van der Waals surface area contributed by atoms with Gasteiger partial charge in [0.1, 0.15) is 10.5 Å². The fourth-order valence-electron chi connectivity index (χ4n) is 1.83. The molecule has 0 saturated heterocycles. The van der Waals surface area contributed by atoms with Crippen LogP contribution in [-0.2, 0) is 16.6 Å². The maximum absolute atomic E-state index is 12.1. The van der Waals surface area contributed by atoms with Gasteiger partial charge in [-0.2, -0.15) is 4.98 Å². The Morgan fingerprint density at radius 1 is 1.22 bits per heavy atom. The Labute approximate surface area is 146 Å². The van der Waals surface area contributed by atoms with Gasteiger partial charge < -0.3 is 0 Å². The van der Waals surface area contributed by atoms with E-state index in [1.54, 1.807) is 23.6 Å². The van der Waals surface area contributed by atoms with Gasteiger partial charge in [0.15, 0.2) is 0 Å². The molecule has 0 atom stereocenters. The second-order valence-corrected chi connectivity index (χ2v) is 8.22. The standard InChI is InChI=1S/C13H10Cl2N4O2S2/c14-10-4-3-9(6-11(10)15)7-19-8-16-13(17-19)18-23(20,21)12-2-1-5-22-12/h1-6,8H,7H2,(H,17,18). The topological polar surface area (TPSA) is 76.9 Å². The molecule has 0 bridgehead atoms. The third-order valence-corrected chi connectivity index (χ3v) is 6.32. The number of nitrogens with one attached hydrogen (secondary N) is 1. The molecule has 0 saturated carbocycles. The third-order valence-electron chi connectivity index (χ3n) is 2.85. The highest BCUT2D eigenvalue weighted by atomic mass is 35.5. The summed E-state index contributed by atoms with van der Waals surface area (Å²) in [6.45, 7) is 0.393. The van der Waals surface area contributed by atoms with Crippen LogP contribution >= 0.6 is 34.5 Å². The first-order valence-electron chi connectivity index (χ1n) is 6.34. The fraction of sp³-hybridized carbons (Fsp3) is 0.0769. The molecule has 3 rings (SSSR count). The summed E-state index contributed by atoms with van der Waals surface area (Å²) in [5, 5.41) is 6.70. The molecule has 0 spiro atoms. The van der Waals surface area contributed by atoms with Gasteiger partial charge in [-0.25, -0.2) is 17.8 Å². The number of thiophene rings is 1. The molecular formula is C13H10Cl2N4O2S2. The molecule has 0 amide bonds. The minimum absolute atomic E-state index is 0.0125. The average Bonchev–Trinajstić information content (AvgIpc) is 3.15. The van der Waals surface area contributed by atoms with Gasteiger partial charge in [-0.05, 0) is 29.1 Å². The van der Waals surface area contributed by atoms with E-state index in [1.807, 2.05) is 6.07 Å². The van der Waals surface area contributed by atoms with Crippen LogP contribution in [0.15, 0.2) is 46.2 Å². The lowest BCUT2D eigenvalue weighted by Gasteiger charge is -2.03. The zero-order valence-corrected chi connectivity index (χ0v) is 14.6. The third kappa shape index (κ3) is 3.84. The van der Waals surface area contributed by atoms with Gasteiger partial charge in [0, 0.05) is 0 Å². The van der Waals surface area contributed by atoms with Crippen LogP contribution in [0.1, 0.15) is 5.56 Å².